The van der Waals surface area contributed by atoms with Crippen LogP contribution in [0.5, 0.6) is 0 Å². The molecule has 1 aliphatic rings. The molecular weight excluding hydrogens is 456 g/mol. The fourth-order valence-corrected chi connectivity index (χ4v) is 4.55. The number of hydrogen-bond acceptors (Lipinski definition) is 7. The van der Waals surface area contributed by atoms with E-state index in [1.165, 1.54) is 17.2 Å². The van der Waals surface area contributed by atoms with Gasteiger partial charge in [-0.2, -0.15) is 0 Å². The second-order valence-electron chi connectivity index (χ2n) is 8.84. The first-order valence-electron chi connectivity index (χ1n) is 11.5. The highest BCUT2D eigenvalue weighted by Crippen LogP contribution is 2.32. The van der Waals surface area contributed by atoms with E-state index in [2.05, 4.69) is 15.6 Å². The molecule has 0 aliphatic heterocycles. The zero-order valence-corrected chi connectivity index (χ0v) is 19.2. The third kappa shape index (κ3) is 5.39. The number of aromatic nitrogens is 3. The van der Waals surface area contributed by atoms with Crippen LogP contribution in [0, 0.1) is 6.92 Å². The van der Waals surface area contributed by atoms with Crippen molar-refractivity contribution in [1.29, 1.82) is 0 Å². The Balaban J connectivity index is 1.58. The monoisotopic (exact) mass is 482 g/mol. The van der Waals surface area contributed by atoms with Crippen molar-refractivity contribution in [1.82, 2.24) is 15.0 Å². The molecule has 1 aromatic carbocycles. The number of carboxylic acids is 2. The van der Waals surface area contributed by atoms with Crippen LogP contribution in [0.3, 0.4) is 0 Å². The maximum absolute atomic E-state index is 13.1. The Bertz CT molecular complexity index is 1340. The van der Waals surface area contributed by atoms with Crippen molar-refractivity contribution in [2.45, 2.75) is 63.8 Å². The number of carboxylic acid groups (broad SMARTS) is 2. The summed E-state index contributed by atoms with van der Waals surface area (Å²) in [6, 6.07) is 3.50. The molecule has 0 spiro atoms. The average molecular weight is 482 g/mol. The van der Waals surface area contributed by atoms with Crippen molar-refractivity contribution in [2.24, 2.45) is 0 Å². The maximum Gasteiger partial charge on any atom is 0.340 e. The Labute approximate surface area is 199 Å². The number of anilines is 1. The number of aryl methyl sites for hydroxylation is 1. The first kappa shape index (κ1) is 24.1. The summed E-state index contributed by atoms with van der Waals surface area (Å²) in [5.41, 5.74) is 1.01. The van der Waals surface area contributed by atoms with Gasteiger partial charge in [0.15, 0.2) is 0 Å². The van der Waals surface area contributed by atoms with Crippen molar-refractivity contribution in [3.05, 3.63) is 51.6 Å². The Morgan fingerprint density at radius 2 is 1.91 bits per heavy atom. The number of benzene rings is 1. The number of rotatable bonds is 8. The van der Waals surface area contributed by atoms with Crippen LogP contribution in [-0.2, 0) is 20.8 Å². The van der Waals surface area contributed by atoms with Gasteiger partial charge in [-0.05, 0) is 37.5 Å². The molecule has 0 bridgehead atoms. The van der Waals surface area contributed by atoms with Gasteiger partial charge in [-0.3, -0.25) is 14.4 Å². The fraction of sp³-hybridized carbons (Fsp3) is 0.417. The number of nitrogens with one attached hydrogen (secondary N) is 1. The van der Waals surface area contributed by atoms with E-state index in [-0.39, 0.29) is 17.1 Å². The van der Waals surface area contributed by atoms with Gasteiger partial charge in [-0.15, -0.1) is 5.10 Å². The highest BCUT2D eigenvalue weighted by Gasteiger charge is 2.27. The Morgan fingerprint density at radius 3 is 2.60 bits per heavy atom. The molecule has 35 heavy (non-hydrogen) atoms. The predicted molar refractivity (Wildman–Crippen MR) is 124 cm³/mol. The third-order valence-electron chi connectivity index (χ3n) is 6.42. The van der Waals surface area contributed by atoms with Crippen LogP contribution >= 0.6 is 0 Å². The second-order valence-corrected chi connectivity index (χ2v) is 8.84. The van der Waals surface area contributed by atoms with Crippen LogP contribution in [0.4, 0.5) is 5.69 Å². The van der Waals surface area contributed by atoms with Crippen LogP contribution in [0.15, 0.2) is 33.6 Å². The molecule has 0 saturated heterocycles. The number of amides is 1. The highest BCUT2D eigenvalue weighted by atomic mass is 16.4. The minimum Gasteiger partial charge on any atom is -0.481 e. The molecule has 1 amide bonds. The van der Waals surface area contributed by atoms with Gasteiger partial charge in [0.05, 0.1) is 24.1 Å². The maximum atomic E-state index is 13.1. The topological polar surface area (TPSA) is 165 Å². The van der Waals surface area contributed by atoms with E-state index in [9.17, 15) is 24.3 Å². The normalized spacial score (nSPS) is 15.1. The number of nitrogens with zero attached hydrogens (tertiary/aromatic N) is 3. The molecule has 3 N–H and O–H groups in total. The molecule has 184 valence electrons. The molecule has 1 aliphatic carbocycles. The molecule has 2 heterocycles. The summed E-state index contributed by atoms with van der Waals surface area (Å²) in [6.45, 7) is 1.63. The number of fused-ring (bicyclic) bond motifs is 1. The molecule has 3 aromatic rings. The lowest BCUT2D eigenvalue weighted by atomic mass is 9.87. The number of hydrogen-bond donors (Lipinski definition) is 3. The van der Waals surface area contributed by atoms with E-state index in [1.54, 1.807) is 25.3 Å². The summed E-state index contributed by atoms with van der Waals surface area (Å²) in [7, 11) is 0. The molecule has 0 radical (unpaired) electrons. The molecule has 2 aromatic heterocycles. The van der Waals surface area contributed by atoms with E-state index < -0.39 is 42.4 Å². The Kier molecular flexibility index (Phi) is 6.94. The van der Waals surface area contributed by atoms with Crippen LogP contribution in [0.1, 0.15) is 67.3 Å². The first-order chi connectivity index (χ1) is 16.7. The van der Waals surface area contributed by atoms with Gasteiger partial charge in [0.1, 0.15) is 11.6 Å². The SMILES string of the molecule is Cc1c(CC(=O)O)c(=O)oc2cc(NC(=O)C(CC(=O)O)n3cc(C4CCCCC4)nn3)ccc12. The van der Waals surface area contributed by atoms with Gasteiger partial charge >= 0.3 is 17.6 Å². The second kappa shape index (κ2) is 10.1. The summed E-state index contributed by atoms with van der Waals surface area (Å²) in [4.78, 5) is 47.9. The number of carbonyl (C=O) groups excluding carboxylic acids is 1. The lowest BCUT2D eigenvalue weighted by Gasteiger charge is -2.19. The predicted octanol–water partition coefficient (Wildman–Crippen LogP) is 3.02. The van der Waals surface area contributed by atoms with E-state index in [0.29, 0.717) is 16.6 Å². The molecule has 1 unspecified atom stereocenters. The van der Waals surface area contributed by atoms with Gasteiger partial charge in [0.25, 0.3) is 0 Å². The molecular formula is C24H26N4O7. The summed E-state index contributed by atoms with van der Waals surface area (Å²) in [5, 5.41) is 29.9. The number of carbonyl (C=O) groups is 3. The van der Waals surface area contributed by atoms with Gasteiger partial charge in [0.2, 0.25) is 5.91 Å². The average Bonchev–Trinajstić information content (AvgIpc) is 3.30. The quantitative estimate of drug-likeness (QED) is 0.409. The number of aliphatic carboxylic acids is 2. The van der Waals surface area contributed by atoms with Crippen molar-refractivity contribution in [2.75, 3.05) is 5.32 Å². The molecule has 4 rings (SSSR count). The largest absolute Gasteiger partial charge is 0.481 e. The lowest BCUT2D eigenvalue weighted by Crippen LogP contribution is -2.28. The van der Waals surface area contributed by atoms with E-state index in [0.717, 1.165) is 31.4 Å². The van der Waals surface area contributed by atoms with E-state index in [4.69, 9.17) is 9.52 Å². The molecule has 11 nitrogen and oxygen atoms in total. The lowest BCUT2D eigenvalue weighted by molar-refractivity contribution is -0.140. The van der Waals surface area contributed by atoms with Crippen molar-refractivity contribution in [3.8, 4) is 0 Å². The standard InChI is InChI=1S/C24H26N4O7/c1-13-16-8-7-15(9-20(16)35-24(34)17(13)10-21(29)30)25-23(33)19(11-22(31)32)28-12-18(26-27-28)14-5-3-2-4-6-14/h7-9,12,14,19H,2-6,10-11H2,1H3,(H,25,33)(H,29,30)(H,31,32). The van der Waals surface area contributed by atoms with Gasteiger partial charge in [-0.1, -0.05) is 24.5 Å². The van der Waals surface area contributed by atoms with E-state index in [1.807, 2.05) is 0 Å². The summed E-state index contributed by atoms with van der Waals surface area (Å²) in [5.74, 6) is -2.66. The molecule has 1 fully saturated rings. The van der Waals surface area contributed by atoms with Gasteiger partial charge in [-0.25, -0.2) is 9.48 Å². The van der Waals surface area contributed by atoms with Crippen molar-refractivity contribution in [3.63, 3.8) is 0 Å². The van der Waals surface area contributed by atoms with Crippen LogP contribution in [0.2, 0.25) is 0 Å². The summed E-state index contributed by atoms with van der Waals surface area (Å²) in [6.07, 6.45) is 6.07. The third-order valence-corrected chi connectivity index (χ3v) is 6.42. The van der Waals surface area contributed by atoms with Gasteiger partial charge < -0.3 is 19.9 Å². The Morgan fingerprint density at radius 1 is 1.17 bits per heavy atom. The van der Waals surface area contributed by atoms with Crippen LogP contribution < -0.4 is 10.9 Å². The highest BCUT2D eigenvalue weighted by molar-refractivity contribution is 5.97. The van der Waals surface area contributed by atoms with Crippen molar-refractivity contribution < 1.29 is 29.0 Å². The minimum absolute atomic E-state index is 0.0586. The smallest absolute Gasteiger partial charge is 0.340 e. The zero-order valence-electron chi connectivity index (χ0n) is 19.2. The molecule has 1 saturated carbocycles. The first-order valence-corrected chi connectivity index (χ1v) is 11.5. The van der Waals surface area contributed by atoms with E-state index >= 15 is 0 Å². The Hall–Kier alpha value is -4.02. The minimum atomic E-state index is -1.16. The summed E-state index contributed by atoms with van der Waals surface area (Å²) < 4.78 is 6.57. The van der Waals surface area contributed by atoms with Crippen LogP contribution in [-0.4, -0.2) is 43.1 Å². The van der Waals surface area contributed by atoms with Crippen LogP contribution in [0.25, 0.3) is 11.0 Å². The fourth-order valence-electron chi connectivity index (χ4n) is 4.55. The van der Waals surface area contributed by atoms with Crippen molar-refractivity contribution >= 4 is 34.5 Å². The molecule has 1 atom stereocenters. The summed E-state index contributed by atoms with van der Waals surface area (Å²) >= 11 is 0. The molecule has 11 heteroatoms. The zero-order chi connectivity index (χ0) is 25.1. The van der Waals surface area contributed by atoms with Gasteiger partial charge in [0, 0.05) is 29.3 Å².